The Morgan fingerprint density at radius 2 is 1.68 bits per heavy atom. The smallest absolute Gasteiger partial charge is 0.241 e. The van der Waals surface area contributed by atoms with Gasteiger partial charge >= 0.3 is 0 Å². The average molecular weight is 441 g/mol. The van der Waals surface area contributed by atoms with Crippen molar-refractivity contribution in [2.45, 2.75) is 37.6 Å². The number of rotatable bonds is 6. The highest BCUT2D eigenvalue weighted by Crippen LogP contribution is 2.42. The van der Waals surface area contributed by atoms with Crippen molar-refractivity contribution in [1.82, 2.24) is 0 Å². The number of hydrogen-bond donors (Lipinski definition) is 3. The molecule has 31 heavy (non-hydrogen) atoms. The van der Waals surface area contributed by atoms with Gasteiger partial charge < -0.3 is 28.8 Å². The van der Waals surface area contributed by atoms with E-state index in [0.717, 1.165) is 36.8 Å². The predicted molar refractivity (Wildman–Crippen MR) is 116 cm³/mol. The van der Waals surface area contributed by atoms with Crippen LogP contribution in [0.1, 0.15) is 36.8 Å². The molecule has 1 aromatic heterocycles. The van der Waals surface area contributed by atoms with E-state index in [1.54, 1.807) is 18.2 Å². The van der Waals surface area contributed by atoms with Crippen LogP contribution < -0.4 is 33.8 Å². The lowest BCUT2D eigenvalue weighted by Crippen LogP contribution is -3.00. The van der Waals surface area contributed by atoms with Gasteiger partial charge in [0, 0.05) is 6.07 Å². The topological polar surface area (TPSA) is 81.3 Å². The molecule has 5 N–H and O–H groups in total. The van der Waals surface area contributed by atoms with E-state index in [2.05, 4.69) is 15.6 Å². The molecule has 0 aliphatic heterocycles. The summed E-state index contributed by atoms with van der Waals surface area (Å²) in [6, 6.07) is 19.9. The van der Waals surface area contributed by atoms with Gasteiger partial charge in [0.2, 0.25) is 17.5 Å². The van der Waals surface area contributed by atoms with Crippen LogP contribution in [0.3, 0.4) is 0 Å². The van der Waals surface area contributed by atoms with E-state index in [0.29, 0.717) is 23.9 Å². The second-order valence-corrected chi connectivity index (χ2v) is 7.79. The molecule has 1 saturated carbocycles. The van der Waals surface area contributed by atoms with E-state index >= 15 is 0 Å². The van der Waals surface area contributed by atoms with E-state index in [9.17, 15) is 9.18 Å². The summed E-state index contributed by atoms with van der Waals surface area (Å²) in [4.78, 5) is 16.4. The fourth-order valence-corrected chi connectivity index (χ4v) is 4.15. The molecular formula is C24H26ClFN4O. The highest BCUT2D eigenvalue weighted by Gasteiger charge is 2.42. The summed E-state index contributed by atoms with van der Waals surface area (Å²) in [6.45, 7) is 0.527. The highest BCUT2D eigenvalue weighted by atomic mass is 35.5. The van der Waals surface area contributed by atoms with Gasteiger partial charge in [0.25, 0.3) is 0 Å². The van der Waals surface area contributed by atoms with Crippen LogP contribution in [-0.2, 0) is 16.8 Å². The maximum Gasteiger partial charge on any atom is 0.241 e. The minimum Gasteiger partial charge on any atom is -1.00 e. The molecule has 0 unspecified atom stereocenters. The number of benzene rings is 2. The maximum absolute atomic E-state index is 13.3. The number of halogens is 2. The van der Waals surface area contributed by atoms with Crippen LogP contribution in [0.4, 0.5) is 21.7 Å². The molecule has 5 nitrogen and oxygen atoms in total. The van der Waals surface area contributed by atoms with Crippen LogP contribution in [0.15, 0.2) is 66.7 Å². The van der Waals surface area contributed by atoms with Crippen LogP contribution in [0.2, 0.25) is 0 Å². The van der Waals surface area contributed by atoms with Gasteiger partial charge in [0.1, 0.15) is 11.5 Å². The quantitative estimate of drug-likeness (QED) is 0.540. The molecule has 0 radical (unpaired) electrons. The van der Waals surface area contributed by atoms with Gasteiger partial charge in [-0.3, -0.25) is 4.79 Å². The third kappa shape index (κ3) is 4.97. The summed E-state index contributed by atoms with van der Waals surface area (Å²) >= 11 is 0. The van der Waals surface area contributed by atoms with E-state index < -0.39 is 5.41 Å². The first-order chi connectivity index (χ1) is 14.6. The number of pyridine rings is 1. The van der Waals surface area contributed by atoms with Gasteiger partial charge in [0.15, 0.2) is 0 Å². The summed E-state index contributed by atoms with van der Waals surface area (Å²) in [5.74, 6) is 0.825. The number of carbonyl (C=O) groups excluding carboxylic acids is 1. The minimum atomic E-state index is -0.507. The van der Waals surface area contributed by atoms with E-state index in [1.807, 2.05) is 36.4 Å². The molecule has 0 spiro atoms. The molecule has 1 aliphatic carbocycles. The van der Waals surface area contributed by atoms with E-state index in [1.165, 1.54) is 12.1 Å². The van der Waals surface area contributed by atoms with Crippen molar-refractivity contribution in [3.63, 3.8) is 0 Å². The van der Waals surface area contributed by atoms with Crippen molar-refractivity contribution in [3.05, 3.63) is 83.7 Å². The second kappa shape index (κ2) is 9.79. The Morgan fingerprint density at radius 1 is 1.00 bits per heavy atom. The standard InChI is InChI=1S/C24H25FN4O.ClH/c25-19-10-8-17(9-11-19)16-27-21-13-12-20(22(26)29-21)28-23(30)24(14-4-5-15-24)18-6-2-1-3-7-18;/h1-3,6-13H,4-5,14-16H2,(H,28,30)(H3,26,27,29);1H. The Balaban J connectivity index is 0.00000272. The number of hydrogen-bond acceptors (Lipinski definition) is 3. The molecule has 1 fully saturated rings. The van der Waals surface area contributed by atoms with E-state index in [-0.39, 0.29) is 24.1 Å². The molecule has 1 aliphatic rings. The van der Waals surface area contributed by atoms with Gasteiger partial charge in [-0.15, -0.1) is 0 Å². The number of nitrogens with two attached hydrogens (primary N) is 1. The fraction of sp³-hybridized carbons (Fsp3) is 0.250. The van der Waals surface area contributed by atoms with Crippen LogP contribution in [0, 0.1) is 5.82 Å². The maximum atomic E-state index is 13.3. The van der Waals surface area contributed by atoms with Gasteiger partial charge in [0.05, 0.1) is 12.0 Å². The summed E-state index contributed by atoms with van der Waals surface area (Å²) in [6.07, 6.45) is 3.75. The zero-order valence-electron chi connectivity index (χ0n) is 17.1. The first kappa shape index (κ1) is 22.6. The molecule has 3 aromatic rings. The first-order valence-corrected chi connectivity index (χ1v) is 10.2. The van der Waals surface area contributed by atoms with Gasteiger partial charge in [-0.25, -0.2) is 9.37 Å². The van der Waals surface area contributed by atoms with Crippen LogP contribution >= 0.6 is 0 Å². The molecule has 2 aromatic carbocycles. The molecule has 0 saturated heterocycles. The van der Waals surface area contributed by atoms with Gasteiger partial charge in [-0.1, -0.05) is 55.3 Å². The largest absolute Gasteiger partial charge is 1.00 e. The van der Waals surface area contributed by atoms with Crippen molar-refractivity contribution >= 4 is 23.2 Å². The molecule has 1 amide bonds. The number of amides is 1. The molecule has 0 atom stereocenters. The first-order valence-electron chi connectivity index (χ1n) is 10.2. The predicted octanol–water partition coefficient (Wildman–Crippen LogP) is 1.29. The highest BCUT2D eigenvalue weighted by molar-refractivity contribution is 6.00. The third-order valence-electron chi connectivity index (χ3n) is 5.84. The summed E-state index contributed by atoms with van der Waals surface area (Å²) in [7, 11) is 0. The monoisotopic (exact) mass is 440 g/mol. The fourth-order valence-electron chi connectivity index (χ4n) is 4.15. The lowest BCUT2D eigenvalue weighted by atomic mass is 9.78. The Kier molecular flexibility index (Phi) is 7.13. The van der Waals surface area contributed by atoms with Crippen molar-refractivity contribution in [2.24, 2.45) is 0 Å². The number of aromatic amines is 1. The molecular weight excluding hydrogens is 415 g/mol. The zero-order chi connectivity index (χ0) is 21.0. The summed E-state index contributed by atoms with van der Waals surface area (Å²) < 4.78 is 13.0. The summed E-state index contributed by atoms with van der Waals surface area (Å²) in [5.41, 5.74) is 8.24. The van der Waals surface area contributed by atoms with Crippen molar-refractivity contribution in [2.75, 3.05) is 16.4 Å². The molecule has 4 rings (SSSR count). The normalized spacial score (nSPS) is 14.5. The molecule has 7 heteroatoms. The lowest BCUT2D eigenvalue weighted by molar-refractivity contribution is -0.342. The zero-order valence-corrected chi connectivity index (χ0v) is 17.9. The van der Waals surface area contributed by atoms with E-state index in [4.69, 9.17) is 5.73 Å². The van der Waals surface area contributed by atoms with Crippen LogP contribution in [0.25, 0.3) is 0 Å². The number of nitrogens with one attached hydrogen (secondary N) is 3. The second-order valence-electron chi connectivity index (χ2n) is 7.79. The number of H-pyrrole nitrogens is 1. The van der Waals surface area contributed by atoms with Crippen molar-refractivity contribution in [3.8, 4) is 0 Å². The average Bonchev–Trinajstić information content (AvgIpc) is 3.27. The van der Waals surface area contributed by atoms with Crippen LogP contribution in [0.5, 0.6) is 0 Å². The Bertz CT molecular complexity index is 1020. The number of carbonyl (C=O) groups is 1. The Labute approximate surface area is 187 Å². The van der Waals surface area contributed by atoms with Crippen LogP contribution in [-0.4, -0.2) is 5.91 Å². The summed E-state index contributed by atoms with van der Waals surface area (Å²) in [5, 5.41) is 6.25. The number of nitrogen functional groups attached to an aromatic ring is 1. The van der Waals surface area contributed by atoms with Crippen molar-refractivity contribution in [1.29, 1.82) is 0 Å². The third-order valence-corrected chi connectivity index (χ3v) is 5.84. The lowest BCUT2D eigenvalue weighted by Gasteiger charge is -2.28. The number of aromatic nitrogens is 1. The Hall–Kier alpha value is -3.12. The SMILES string of the molecule is Nc1[nH+]c(NCc2ccc(F)cc2)ccc1NC(=O)C1(c2ccccc2)CCCC1.[Cl-]. The minimum absolute atomic E-state index is 0. The molecule has 1 heterocycles. The number of anilines is 3. The Morgan fingerprint density at radius 3 is 2.32 bits per heavy atom. The molecule has 0 bridgehead atoms. The van der Waals surface area contributed by atoms with Gasteiger partial charge in [-0.05, 0) is 42.2 Å². The molecule has 162 valence electrons. The van der Waals surface area contributed by atoms with Gasteiger partial charge in [-0.2, -0.15) is 0 Å². The van der Waals surface area contributed by atoms with Crippen molar-refractivity contribution < 1.29 is 26.6 Å².